The van der Waals surface area contributed by atoms with Crippen molar-refractivity contribution in [3.63, 3.8) is 0 Å². The van der Waals surface area contributed by atoms with Crippen molar-refractivity contribution < 1.29 is 21.6 Å². The molecule has 11 heteroatoms. The molecule has 0 heterocycles. The number of halogens is 3. The van der Waals surface area contributed by atoms with Crippen molar-refractivity contribution >= 4 is 56.3 Å². The average Bonchev–Trinajstić information content (AvgIpc) is 2.49. The van der Waals surface area contributed by atoms with Gasteiger partial charge in [0.05, 0.1) is 15.7 Å². The van der Waals surface area contributed by atoms with E-state index < -0.39 is 32.0 Å². The third-order valence-corrected chi connectivity index (χ3v) is 5.35. The first-order chi connectivity index (χ1) is 11.6. The van der Waals surface area contributed by atoms with Crippen LogP contribution in [0.2, 0.25) is 10.0 Å². The largest absolute Gasteiger partial charge is 0.289 e. The first kappa shape index (κ1) is 19.8. The van der Waals surface area contributed by atoms with Gasteiger partial charge in [0, 0.05) is 6.20 Å². The molecule has 3 N–H and O–H groups in total. The SMILES string of the molecule is NS(=O)(=O)c1c(F)cccc1N(C=Cc1ccc(Cl)c(Cl)c1)S(=O)O. The molecule has 134 valence electrons. The average molecular weight is 425 g/mol. The van der Waals surface area contributed by atoms with Crippen LogP contribution in [-0.2, 0) is 21.3 Å². The molecule has 0 radical (unpaired) electrons. The van der Waals surface area contributed by atoms with Crippen LogP contribution >= 0.6 is 23.2 Å². The second-order valence-electron chi connectivity index (χ2n) is 4.68. The Hall–Kier alpha value is -1.49. The fourth-order valence-electron chi connectivity index (χ4n) is 1.94. The zero-order chi connectivity index (χ0) is 18.8. The van der Waals surface area contributed by atoms with E-state index in [1.807, 2.05) is 0 Å². The molecule has 2 rings (SSSR count). The number of nitrogens with two attached hydrogens (primary N) is 1. The van der Waals surface area contributed by atoms with Gasteiger partial charge in [-0.2, -0.15) is 0 Å². The summed E-state index contributed by atoms with van der Waals surface area (Å²) in [7, 11) is -4.47. The number of benzene rings is 2. The summed E-state index contributed by atoms with van der Waals surface area (Å²) in [6.45, 7) is 0. The normalized spacial score (nSPS) is 13.2. The Morgan fingerprint density at radius 1 is 1.20 bits per heavy atom. The second-order valence-corrected chi connectivity index (χ2v) is 7.85. The van der Waals surface area contributed by atoms with Gasteiger partial charge >= 0.3 is 0 Å². The van der Waals surface area contributed by atoms with E-state index in [0.717, 1.165) is 18.3 Å². The van der Waals surface area contributed by atoms with Crippen molar-refractivity contribution in [2.45, 2.75) is 4.90 Å². The summed E-state index contributed by atoms with van der Waals surface area (Å²) in [5, 5.41) is 5.59. The molecular weight excluding hydrogens is 414 g/mol. The molecule has 2 aromatic rings. The van der Waals surface area contributed by atoms with Gasteiger partial charge in [-0.15, -0.1) is 0 Å². The molecule has 0 fully saturated rings. The number of hydrogen-bond acceptors (Lipinski definition) is 3. The Kier molecular flexibility index (Phi) is 6.20. The predicted molar refractivity (Wildman–Crippen MR) is 96.5 cm³/mol. The molecule has 0 bridgehead atoms. The lowest BCUT2D eigenvalue weighted by atomic mass is 10.2. The quantitative estimate of drug-likeness (QED) is 0.718. The smallest absolute Gasteiger partial charge is 0.266 e. The Morgan fingerprint density at radius 3 is 2.44 bits per heavy atom. The Labute approximate surface area is 156 Å². The number of hydrogen-bond donors (Lipinski definition) is 2. The van der Waals surface area contributed by atoms with Crippen LogP contribution in [0.25, 0.3) is 6.08 Å². The zero-order valence-corrected chi connectivity index (χ0v) is 15.4. The van der Waals surface area contributed by atoms with E-state index in [1.165, 1.54) is 24.3 Å². The molecule has 6 nitrogen and oxygen atoms in total. The standard InChI is InChI=1S/C14H11Cl2FN2O4S2/c15-10-5-4-9(8-11(10)16)6-7-19(24(20)21)13-3-1-2-12(17)14(13)25(18,22)23/h1-8H,(H,20,21)(H2,18,22,23). The lowest BCUT2D eigenvalue weighted by Crippen LogP contribution is -2.24. The number of sulfonamides is 1. The topological polar surface area (TPSA) is 101 Å². The Bertz CT molecular complexity index is 967. The van der Waals surface area contributed by atoms with E-state index in [1.54, 1.807) is 6.07 Å². The summed E-state index contributed by atoms with van der Waals surface area (Å²) in [5.74, 6) is -1.14. The maximum Gasteiger partial charge on any atom is 0.266 e. The van der Waals surface area contributed by atoms with E-state index in [2.05, 4.69) is 0 Å². The predicted octanol–water partition coefficient (Wildman–Crippen LogP) is 3.39. The fraction of sp³-hybridized carbons (Fsp3) is 0. The highest BCUT2D eigenvalue weighted by Crippen LogP contribution is 2.29. The lowest BCUT2D eigenvalue weighted by molar-refractivity contribution is 0.561. The molecule has 1 atom stereocenters. The molecule has 0 saturated heterocycles. The lowest BCUT2D eigenvalue weighted by Gasteiger charge is -2.18. The first-order valence-electron chi connectivity index (χ1n) is 6.46. The molecule has 0 saturated carbocycles. The minimum atomic E-state index is -4.47. The minimum absolute atomic E-state index is 0.261. The van der Waals surface area contributed by atoms with Gasteiger partial charge in [0.15, 0.2) is 0 Å². The van der Waals surface area contributed by atoms with Crippen molar-refractivity contribution in [1.29, 1.82) is 0 Å². The van der Waals surface area contributed by atoms with Gasteiger partial charge in [0.2, 0.25) is 10.0 Å². The molecule has 0 aliphatic carbocycles. The summed E-state index contributed by atoms with van der Waals surface area (Å²) in [6.07, 6.45) is 2.47. The maximum absolute atomic E-state index is 13.9. The van der Waals surface area contributed by atoms with Gasteiger partial charge in [-0.05, 0) is 35.9 Å². The van der Waals surface area contributed by atoms with Crippen LogP contribution in [0.5, 0.6) is 0 Å². The fourth-order valence-corrected chi connectivity index (χ4v) is 3.59. The van der Waals surface area contributed by atoms with E-state index in [-0.39, 0.29) is 10.7 Å². The minimum Gasteiger partial charge on any atom is -0.289 e. The van der Waals surface area contributed by atoms with Crippen molar-refractivity contribution in [2.75, 3.05) is 4.31 Å². The number of nitrogens with zero attached hydrogens (tertiary/aromatic N) is 1. The highest BCUT2D eigenvalue weighted by molar-refractivity contribution is 7.89. The molecule has 0 amide bonds. The summed E-state index contributed by atoms with van der Waals surface area (Å²) in [5.41, 5.74) is 0.123. The van der Waals surface area contributed by atoms with Crippen LogP contribution < -0.4 is 9.44 Å². The third kappa shape index (κ3) is 4.78. The highest BCUT2D eigenvalue weighted by atomic mass is 35.5. The van der Waals surface area contributed by atoms with Crippen molar-refractivity contribution in [2.24, 2.45) is 5.14 Å². The monoisotopic (exact) mass is 424 g/mol. The Morgan fingerprint density at radius 2 is 1.88 bits per heavy atom. The number of rotatable bonds is 5. The van der Waals surface area contributed by atoms with Gasteiger partial charge in [0.25, 0.3) is 11.3 Å². The van der Waals surface area contributed by atoms with Crippen molar-refractivity contribution in [3.8, 4) is 0 Å². The summed E-state index contributed by atoms with van der Waals surface area (Å²) >= 11 is 8.99. The summed E-state index contributed by atoms with van der Waals surface area (Å²) in [4.78, 5) is -0.892. The summed E-state index contributed by atoms with van der Waals surface area (Å²) < 4.78 is 58.9. The molecule has 25 heavy (non-hydrogen) atoms. The van der Waals surface area contributed by atoms with Gasteiger partial charge in [-0.1, -0.05) is 35.3 Å². The first-order valence-corrected chi connectivity index (χ1v) is 9.82. The molecule has 0 aliphatic heterocycles. The zero-order valence-electron chi connectivity index (χ0n) is 12.3. The molecule has 0 aromatic heterocycles. The van der Waals surface area contributed by atoms with Crippen LogP contribution in [0.15, 0.2) is 47.5 Å². The van der Waals surface area contributed by atoms with Crippen LogP contribution in [0.4, 0.5) is 10.1 Å². The van der Waals surface area contributed by atoms with E-state index in [0.29, 0.717) is 14.9 Å². The Balaban J connectivity index is 2.53. The van der Waals surface area contributed by atoms with Crippen LogP contribution in [0.3, 0.4) is 0 Å². The second kappa shape index (κ2) is 7.81. The van der Waals surface area contributed by atoms with E-state index in [4.69, 9.17) is 28.3 Å². The van der Waals surface area contributed by atoms with Gasteiger partial charge in [0.1, 0.15) is 10.7 Å². The van der Waals surface area contributed by atoms with Crippen LogP contribution in [0.1, 0.15) is 5.56 Å². The van der Waals surface area contributed by atoms with Crippen molar-refractivity contribution in [3.05, 3.63) is 64.0 Å². The van der Waals surface area contributed by atoms with E-state index in [9.17, 15) is 21.6 Å². The van der Waals surface area contributed by atoms with Gasteiger partial charge in [-0.3, -0.25) is 4.55 Å². The van der Waals surface area contributed by atoms with Crippen LogP contribution in [-0.4, -0.2) is 17.2 Å². The number of primary sulfonamides is 1. The van der Waals surface area contributed by atoms with Gasteiger partial charge in [-0.25, -0.2) is 26.5 Å². The molecule has 0 aliphatic rings. The molecule has 0 spiro atoms. The molecule has 1 unspecified atom stereocenters. The highest BCUT2D eigenvalue weighted by Gasteiger charge is 2.24. The van der Waals surface area contributed by atoms with Crippen molar-refractivity contribution in [1.82, 2.24) is 0 Å². The third-order valence-electron chi connectivity index (χ3n) is 2.98. The maximum atomic E-state index is 13.9. The number of anilines is 1. The molecular formula is C14H11Cl2FN2O4S2. The van der Waals surface area contributed by atoms with Gasteiger partial charge < -0.3 is 0 Å². The molecule has 2 aromatic carbocycles. The summed E-state index contributed by atoms with van der Waals surface area (Å²) in [6, 6.07) is 7.80. The van der Waals surface area contributed by atoms with Crippen LogP contribution in [0, 0.1) is 5.82 Å². The van der Waals surface area contributed by atoms with E-state index >= 15 is 0 Å².